The number of fused-ring (bicyclic) bond motifs is 1. The second-order valence-corrected chi connectivity index (χ2v) is 8.55. The second kappa shape index (κ2) is 6.55. The molecule has 0 aliphatic rings. The van der Waals surface area contributed by atoms with E-state index in [1.807, 2.05) is 29.6 Å². The largest absolute Gasteiger partial charge is 0.457 e. The highest BCUT2D eigenvalue weighted by atomic mass is 35.5. The van der Waals surface area contributed by atoms with Crippen molar-refractivity contribution in [2.45, 2.75) is 11.5 Å². The topological polar surface area (TPSA) is 60.4 Å². The lowest BCUT2D eigenvalue weighted by Crippen LogP contribution is -2.07. The molecule has 3 aromatic rings. The van der Waals surface area contributed by atoms with Crippen LogP contribution in [0.1, 0.15) is 15.9 Å². The Labute approximate surface area is 148 Å². The van der Waals surface area contributed by atoms with Gasteiger partial charge in [-0.15, -0.1) is 11.3 Å². The smallest absolute Gasteiger partial charge is 0.338 e. The lowest BCUT2D eigenvalue weighted by atomic mass is 10.2. The summed E-state index contributed by atoms with van der Waals surface area (Å²) >= 11 is 7.46. The molecule has 0 saturated carbocycles. The Morgan fingerprint density at radius 2 is 1.96 bits per heavy atom. The third-order valence-electron chi connectivity index (χ3n) is 3.49. The lowest BCUT2D eigenvalue weighted by molar-refractivity contribution is 0.0474. The van der Waals surface area contributed by atoms with Gasteiger partial charge in [0.05, 0.1) is 15.5 Å². The minimum Gasteiger partial charge on any atom is -0.457 e. The van der Waals surface area contributed by atoms with E-state index in [0.717, 1.165) is 21.9 Å². The lowest BCUT2D eigenvalue weighted by Gasteiger charge is -2.07. The third kappa shape index (κ3) is 3.45. The van der Waals surface area contributed by atoms with Crippen LogP contribution in [0.3, 0.4) is 0 Å². The van der Waals surface area contributed by atoms with Gasteiger partial charge in [-0.3, -0.25) is 0 Å². The number of esters is 1. The highest BCUT2D eigenvalue weighted by Gasteiger charge is 2.17. The molecule has 2 aromatic carbocycles. The van der Waals surface area contributed by atoms with E-state index in [4.69, 9.17) is 16.3 Å². The van der Waals surface area contributed by atoms with E-state index in [2.05, 4.69) is 0 Å². The van der Waals surface area contributed by atoms with Gasteiger partial charge < -0.3 is 4.74 Å². The van der Waals surface area contributed by atoms with Gasteiger partial charge in [-0.2, -0.15) is 0 Å². The molecular weight excluding hydrogens is 368 g/mol. The fourth-order valence-corrected chi connectivity index (χ4v) is 4.53. The summed E-state index contributed by atoms with van der Waals surface area (Å²) in [6.45, 7) is 0.125. The predicted octanol–water partition coefficient (Wildman–Crippen LogP) is 4.32. The summed E-state index contributed by atoms with van der Waals surface area (Å²) in [4.78, 5) is 12.1. The van der Waals surface area contributed by atoms with Crippen molar-refractivity contribution in [1.82, 2.24) is 0 Å². The average molecular weight is 381 g/mol. The summed E-state index contributed by atoms with van der Waals surface area (Å²) in [6, 6.07) is 11.9. The van der Waals surface area contributed by atoms with Gasteiger partial charge in [-0.25, -0.2) is 13.2 Å². The Bertz CT molecular complexity index is 1020. The second-order valence-electron chi connectivity index (χ2n) is 5.25. The first-order valence-electron chi connectivity index (χ1n) is 6.98. The highest BCUT2D eigenvalue weighted by molar-refractivity contribution is 7.90. The van der Waals surface area contributed by atoms with Crippen molar-refractivity contribution in [3.05, 3.63) is 64.0 Å². The Hall–Kier alpha value is -1.89. The maximum atomic E-state index is 12.2. The summed E-state index contributed by atoms with van der Waals surface area (Å²) < 4.78 is 29.8. The van der Waals surface area contributed by atoms with Gasteiger partial charge in [-0.05, 0) is 35.0 Å². The van der Waals surface area contributed by atoms with Crippen LogP contribution in [0.5, 0.6) is 0 Å². The predicted molar refractivity (Wildman–Crippen MR) is 95.5 cm³/mol. The summed E-state index contributed by atoms with van der Waals surface area (Å²) in [6.07, 6.45) is 1.04. The Balaban J connectivity index is 1.81. The molecule has 124 valence electrons. The SMILES string of the molecule is CS(=O)(=O)c1cc(C(=O)OCc2csc3ccccc23)ccc1Cl. The van der Waals surface area contributed by atoms with Crippen molar-refractivity contribution in [2.24, 2.45) is 0 Å². The minimum atomic E-state index is -3.51. The van der Waals surface area contributed by atoms with Crippen LogP contribution in [-0.2, 0) is 21.2 Å². The van der Waals surface area contributed by atoms with Crippen molar-refractivity contribution >= 4 is 48.8 Å². The van der Waals surface area contributed by atoms with Crippen LogP contribution in [0.2, 0.25) is 5.02 Å². The zero-order valence-corrected chi connectivity index (χ0v) is 15.0. The average Bonchev–Trinajstić information content (AvgIpc) is 2.95. The minimum absolute atomic E-state index is 0.0814. The zero-order chi connectivity index (χ0) is 17.3. The monoisotopic (exact) mass is 380 g/mol. The summed E-state index contributed by atoms with van der Waals surface area (Å²) in [5.74, 6) is -0.591. The van der Waals surface area contributed by atoms with E-state index in [0.29, 0.717) is 0 Å². The number of thiophene rings is 1. The molecule has 0 fully saturated rings. The molecule has 0 unspecified atom stereocenters. The molecule has 0 bridgehead atoms. The molecule has 4 nitrogen and oxygen atoms in total. The molecule has 3 rings (SSSR count). The van der Waals surface area contributed by atoms with E-state index in [1.165, 1.54) is 18.2 Å². The van der Waals surface area contributed by atoms with Gasteiger partial charge in [0.1, 0.15) is 6.61 Å². The molecule has 0 saturated heterocycles. The number of carbonyl (C=O) groups is 1. The van der Waals surface area contributed by atoms with Gasteiger partial charge >= 0.3 is 5.97 Å². The van der Waals surface area contributed by atoms with Crippen LogP contribution in [0.25, 0.3) is 10.1 Å². The zero-order valence-electron chi connectivity index (χ0n) is 12.7. The van der Waals surface area contributed by atoms with Crippen molar-refractivity contribution < 1.29 is 17.9 Å². The molecule has 1 aromatic heterocycles. The van der Waals surface area contributed by atoms with Crippen molar-refractivity contribution in [1.29, 1.82) is 0 Å². The molecule has 0 amide bonds. The summed E-state index contributed by atoms with van der Waals surface area (Å²) in [5, 5.41) is 3.07. The normalized spacial score (nSPS) is 11.6. The first-order chi connectivity index (χ1) is 11.4. The summed E-state index contributed by atoms with van der Waals surface area (Å²) in [7, 11) is -3.51. The van der Waals surface area contributed by atoms with Crippen LogP contribution in [-0.4, -0.2) is 20.6 Å². The fourth-order valence-electron chi connectivity index (χ4n) is 2.29. The molecule has 0 aliphatic heterocycles. The number of rotatable bonds is 4. The number of benzene rings is 2. The Morgan fingerprint density at radius 1 is 1.21 bits per heavy atom. The molecule has 7 heteroatoms. The maximum Gasteiger partial charge on any atom is 0.338 e. The van der Waals surface area contributed by atoms with E-state index >= 15 is 0 Å². The van der Waals surface area contributed by atoms with Crippen LogP contribution in [0, 0.1) is 0 Å². The molecule has 1 heterocycles. The standard InChI is InChI=1S/C17H13ClO4S2/c1-24(20,21)16-8-11(6-7-14(16)18)17(19)22-9-12-10-23-15-5-3-2-4-13(12)15/h2-8,10H,9H2,1H3. The number of halogens is 1. The van der Waals surface area contributed by atoms with E-state index < -0.39 is 15.8 Å². The molecule has 0 radical (unpaired) electrons. The Kier molecular flexibility index (Phi) is 4.62. The van der Waals surface area contributed by atoms with Crippen molar-refractivity contribution in [3.63, 3.8) is 0 Å². The Morgan fingerprint density at radius 3 is 2.71 bits per heavy atom. The van der Waals surface area contributed by atoms with E-state index in [1.54, 1.807) is 11.3 Å². The van der Waals surface area contributed by atoms with Gasteiger partial charge in [0.25, 0.3) is 0 Å². The van der Waals surface area contributed by atoms with E-state index in [-0.39, 0.29) is 22.1 Å². The van der Waals surface area contributed by atoms with Crippen LogP contribution in [0.15, 0.2) is 52.7 Å². The third-order valence-corrected chi connectivity index (χ3v) is 6.08. The highest BCUT2D eigenvalue weighted by Crippen LogP contribution is 2.27. The first kappa shape index (κ1) is 17.0. The molecule has 0 N–H and O–H groups in total. The van der Waals surface area contributed by atoms with Crippen LogP contribution < -0.4 is 0 Å². The number of ether oxygens (including phenoxy) is 1. The summed E-state index contributed by atoms with van der Waals surface area (Å²) in [5.41, 5.74) is 1.07. The van der Waals surface area contributed by atoms with E-state index in [9.17, 15) is 13.2 Å². The number of hydrogen-bond donors (Lipinski definition) is 0. The van der Waals surface area contributed by atoms with Gasteiger partial charge in [0.15, 0.2) is 9.84 Å². The number of carbonyl (C=O) groups excluding carboxylic acids is 1. The van der Waals surface area contributed by atoms with Crippen LogP contribution in [0.4, 0.5) is 0 Å². The van der Waals surface area contributed by atoms with Crippen LogP contribution >= 0.6 is 22.9 Å². The van der Waals surface area contributed by atoms with Gasteiger partial charge in [-0.1, -0.05) is 29.8 Å². The van der Waals surface area contributed by atoms with Crippen molar-refractivity contribution in [3.8, 4) is 0 Å². The van der Waals surface area contributed by atoms with Crippen molar-refractivity contribution in [2.75, 3.05) is 6.26 Å². The molecule has 0 aliphatic carbocycles. The fraction of sp³-hybridized carbons (Fsp3) is 0.118. The van der Waals surface area contributed by atoms with Gasteiger partial charge in [0, 0.05) is 16.5 Å². The maximum absolute atomic E-state index is 12.2. The number of sulfone groups is 1. The number of hydrogen-bond acceptors (Lipinski definition) is 5. The molecule has 0 spiro atoms. The van der Waals surface area contributed by atoms with Gasteiger partial charge in [0.2, 0.25) is 0 Å². The first-order valence-corrected chi connectivity index (χ1v) is 10.1. The quantitative estimate of drug-likeness (QED) is 0.632. The molecular formula is C17H13ClO4S2. The molecule has 0 atom stereocenters. The molecule has 24 heavy (non-hydrogen) atoms.